The molecule has 8 heteroatoms. The number of carbonyl (C=O) groups excluding carboxylic acids is 1. The molecule has 0 saturated heterocycles. The molecule has 1 aromatic carbocycles. The molecule has 0 amide bonds. The van der Waals surface area contributed by atoms with Gasteiger partial charge in [-0.1, -0.05) is 0 Å². The van der Waals surface area contributed by atoms with Gasteiger partial charge in [-0.25, -0.2) is 0 Å². The molecule has 0 fully saturated rings. The van der Waals surface area contributed by atoms with Gasteiger partial charge in [-0.05, 0) is 6.07 Å². The van der Waals surface area contributed by atoms with Crippen molar-refractivity contribution in [2.45, 2.75) is 6.42 Å². The number of nitro groups is 1. The first-order valence-corrected chi connectivity index (χ1v) is 4.69. The standard InChI is InChI=1S/C10H9NO7/c1-17-8-4-6(2-3-7(8)11(15)16)18-10(14)5-9(12)13/h2-4H,5H2,1H3,(H,12,13). The Morgan fingerprint density at radius 2 is 2.11 bits per heavy atom. The predicted octanol–water partition coefficient (Wildman–Crippen LogP) is 0.983. The highest BCUT2D eigenvalue weighted by atomic mass is 16.6. The van der Waals surface area contributed by atoms with Gasteiger partial charge in [0.25, 0.3) is 0 Å². The number of carboxylic acids is 1. The minimum absolute atomic E-state index is 0.0244. The minimum Gasteiger partial charge on any atom is -0.490 e. The molecule has 18 heavy (non-hydrogen) atoms. The van der Waals surface area contributed by atoms with E-state index in [0.717, 1.165) is 12.1 Å². The smallest absolute Gasteiger partial charge is 0.322 e. The molecular weight excluding hydrogens is 246 g/mol. The van der Waals surface area contributed by atoms with E-state index in [2.05, 4.69) is 4.74 Å². The number of aliphatic carboxylic acids is 1. The van der Waals surface area contributed by atoms with E-state index in [-0.39, 0.29) is 17.2 Å². The van der Waals surface area contributed by atoms with E-state index in [1.165, 1.54) is 13.2 Å². The zero-order chi connectivity index (χ0) is 13.7. The van der Waals surface area contributed by atoms with E-state index in [4.69, 9.17) is 9.84 Å². The van der Waals surface area contributed by atoms with Crippen LogP contribution in [0, 0.1) is 10.1 Å². The summed E-state index contributed by atoms with van der Waals surface area (Å²) in [7, 11) is 1.23. The molecule has 0 unspecified atom stereocenters. The van der Waals surface area contributed by atoms with Crippen LogP contribution in [-0.2, 0) is 9.59 Å². The van der Waals surface area contributed by atoms with Gasteiger partial charge < -0.3 is 14.6 Å². The lowest BCUT2D eigenvalue weighted by Crippen LogP contribution is -2.13. The van der Waals surface area contributed by atoms with Crippen molar-refractivity contribution < 1.29 is 29.1 Å². The van der Waals surface area contributed by atoms with Crippen molar-refractivity contribution >= 4 is 17.6 Å². The summed E-state index contributed by atoms with van der Waals surface area (Å²) >= 11 is 0. The summed E-state index contributed by atoms with van der Waals surface area (Å²) in [4.78, 5) is 31.3. The molecule has 0 aromatic heterocycles. The number of nitro benzene ring substituents is 1. The van der Waals surface area contributed by atoms with Gasteiger partial charge >= 0.3 is 17.6 Å². The van der Waals surface area contributed by atoms with E-state index in [1.807, 2.05) is 0 Å². The highest BCUT2D eigenvalue weighted by Crippen LogP contribution is 2.30. The maximum Gasteiger partial charge on any atom is 0.322 e. The predicted molar refractivity (Wildman–Crippen MR) is 57.5 cm³/mol. The van der Waals surface area contributed by atoms with Crippen molar-refractivity contribution in [3.63, 3.8) is 0 Å². The van der Waals surface area contributed by atoms with Gasteiger partial charge in [0.15, 0.2) is 0 Å². The molecule has 96 valence electrons. The number of benzene rings is 1. The molecule has 0 bridgehead atoms. The Bertz CT molecular complexity index is 497. The second kappa shape index (κ2) is 5.62. The first-order chi connectivity index (χ1) is 8.43. The van der Waals surface area contributed by atoms with Crippen molar-refractivity contribution in [2.24, 2.45) is 0 Å². The fourth-order valence-electron chi connectivity index (χ4n) is 1.16. The van der Waals surface area contributed by atoms with E-state index in [1.54, 1.807) is 0 Å². The lowest BCUT2D eigenvalue weighted by molar-refractivity contribution is -0.385. The summed E-state index contributed by atoms with van der Waals surface area (Å²) in [5.41, 5.74) is -0.282. The third-order valence-corrected chi connectivity index (χ3v) is 1.88. The van der Waals surface area contributed by atoms with Crippen LogP contribution < -0.4 is 9.47 Å². The summed E-state index contributed by atoms with van der Waals surface area (Å²) in [6, 6.07) is 3.42. The quantitative estimate of drug-likeness (QED) is 0.274. The van der Waals surface area contributed by atoms with Crippen LogP contribution in [0.2, 0.25) is 0 Å². The number of hydrogen-bond acceptors (Lipinski definition) is 6. The molecule has 0 saturated carbocycles. The Labute approximate surface area is 101 Å². The number of carboxylic acid groups (broad SMARTS) is 1. The van der Waals surface area contributed by atoms with Crippen LogP contribution in [0.25, 0.3) is 0 Å². The van der Waals surface area contributed by atoms with Gasteiger partial charge in [0, 0.05) is 12.1 Å². The third-order valence-electron chi connectivity index (χ3n) is 1.88. The van der Waals surface area contributed by atoms with E-state index < -0.39 is 23.3 Å². The second-order valence-corrected chi connectivity index (χ2v) is 3.14. The first-order valence-electron chi connectivity index (χ1n) is 4.69. The van der Waals surface area contributed by atoms with Crippen molar-refractivity contribution in [3.8, 4) is 11.5 Å². The van der Waals surface area contributed by atoms with Gasteiger partial charge in [-0.15, -0.1) is 0 Å². The average molecular weight is 255 g/mol. The largest absolute Gasteiger partial charge is 0.490 e. The zero-order valence-electron chi connectivity index (χ0n) is 9.28. The second-order valence-electron chi connectivity index (χ2n) is 3.14. The maximum atomic E-state index is 11.1. The lowest BCUT2D eigenvalue weighted by Gasteiger charge is -2.05. The molecule has 1 N–H and O–H groups in total. The molecule has 1 rings (SSSR count). The number of ether oxygens (including phenoxy) is 2. The van der Waals surface area contributed by atoms with E-state index in [9.17, 15) is 19.7 Å². The Morgan fingerprint density at radius 1 is 1.44 bits per heavy atom. The average Bonchev–Trinajstić information content (AvgIpc) is 2.27. The van der Waals surface area contributed by atoms with Gasteiger partial charge in [0.2, 0.25) is 5.75 Å². The Morgan fingerprint density at radius 3 is 2.61 bits per heavy atom. The molecule has 0 heterocycles. The number of methoxy groups -OCH3 is 1. The Kier molecular flexibility index (Phi) is 4.19. The highest BCUT2D eigenvalue weighted by molar-refractivity contribution is 5.91. The number of hydrogen-bond donors (Lipinski definition) is 1. The van der Waals surface area contributed by atoms with E-state index in [0.29, 0.717) is 0 Å². The fourth-order valence-corrected chi connectivity index (χ4v) is 1.16. The van der Waals surface area contributed by atoms with Crippen LogP contribution in [0.15, 0.2) is 18.2 Å². The summed E-state index contributed by atoms with van der Waals surface area (Å²) in [6.07, 6.45) is -0.792. The summed E-state index contributed by atoms with van der Waals surface area (Å²) in [5, 5.41) is 19.0. The van der Waals surface area contributed by atoms with Crippen molar-refractivity contribution in [2.75, 3.05) is 7.11 Å². The number of rotatable bonds is 5. The topological polar surface area (TPSA) is 116 Å². The van der Waals surface area contributed by atoms with Gasteiger partial charge in [0.05, 0.1) is 12.0 Å². The molecule has 0 aliphatic heterocycles. The minimum atomic E-state index is -1.33. The van der Waals surface area contributed by atoms with Crippen LogP contribution in [0.3, 0.4) is 0 Å². The van der Waals surface area contributed by atoms with Crippen molar-refractivity contribution in [3.05, 3.63) is 28.3 Å². The molecule has 8 nitrogen and oxygen atoms in total. The lowest BCUT2D eigenvalue weighted by atomic mass is 10.3. The zero-order valence-corrected chi connectivity index (χ0v) is 9.28. The third kappa shape index (κ3) is 3.44. The van der Waals surface area contributed by atoms with E-state index >= 15 is 0 Å². The van der Waals surface area contributed by atoms with Crippen LogP contribution in [-0.4, -0.2) is 29.1 Å². The van der Waals surface area contributed by atoms with Crippen LogP contribution in [0.5, 0.6) is 11.5 Å². The van der Waals surface area contributed by atoms with Gasteiger partial charge in [-0.3, -0.25) is 19.7 Å². The van der Waals surface area contributed by atoms with Gasteiger partial charge in [-0.2, -0.15) is 0 Å². The normalized spacial score (nSPS) is 9.61. The molecule has 0 aliphatic carbocycles. The van der Waals surface area contributed by atoms with Crippen LogP contribution in [0.1, 0.15) is 6.42 Å². The molecule has 1 aromatic rings. The van der Waals surface area contributed by atoms with Crippen LogP contribution >= 0.6 is 0 Å². The summed E-state index contributed by atoms with van der Waals surface area (Å²) < 4.78 is 9.44. The summed E-state index contributed by atoms with van der Waals surface area (Å²) in [6.45, 7) is 0. The highest BCUT2D eigenvalue weighted by Gasteiger charge is 2.17. The number of carbonyl (C=O) groups is 2. The van der Waals surface area contributed by atoms with Crippen LogP contribution in [0.4, 0.5) is 5.69 Å². The molecular formula is C10H9NO7. The molecule has 0 aliphatic rings. The summed E-state index contributed by atoms with van der Waals surface area (Å²) in [5.74, 6) is -2.41. The molecule has 0 radical (unpaired) electrons. The Balaban J connectivity index is 2.89. The maximum absolute atomic E-state index is 11.1. The molecule has 0 atom stereocenters. The Hall–Kier alpha value is -2.64. The van der Waals surface area contributed by atoms with Gasteiger partial charge in [0.1, 0.15) is 12.2 Å². The fraction of sp³-hybridized carbons (Fsp3) is 0.200. The first kappa shape index (κ1) is 13.4. The monoisotopic (exact) mass is 255 g/mol. The number of esters is 1. The number of nitrogens with zero attached hydrogens (tertiary/aromatic N) is 1. The van der Waals surface area contributed by atoms with Crippen molar-refractivity contribution in [1.29, 1.82) is 0 Å². The van der Waals surface area contributed by atoms with Crippen molar-refractivity contribution in [1.82, 2.24) is 0 Å². The SMILES string of the molecule is COc1cc(OC(=O)CC(=O)O)ccc1[N+](=O)[O-]. The molecule has 0 spiro atoms.